The molecular weight excluding hydrogens is 489 g/mol. The SMILES string of the molecule is O=C(Nc1nc(C(=O)O)c(S(=O)(=O)c2ncc[nH]2)s1)Nc1ccc(F)cc1C(=O)C1CCCC1. The monoisotopic (exact) mass is 507 g/mol. The van der Waals surface area contributed by atoms with E-state index in [0.717, 1.165) is 25.0 Å². The second-order valence-corrected chi connectivity index (χ2v) is 10.5. The Bertz CT molecular complexity index is 1360. The molecule has 14 heteroatoms. The normalized spacial score (nSPS) is 14.1. The molecule has 0 unspecified atom stereocenters. The number of carboxylic acid groups (broad SMARTS) is 1. The maximum Gasteiger partial charge on any atom is 0.356 e. The molecule has 34 heavy (non-hydrogen) atoms. The van der Waals surface area contributed by atoms with Crippen molar-refractivity contribution in [3.63, 3.8) is 0 Å². The maximum absolute atomic E-state index is 13.8. The van der Waals surface area contributed by atoms with Gasteiger partial charge in [-0.05, 0) is 31.0 Å². The number of carboxylic acids is 1. The molecule has 0 radical (unpaired) electrons. The molecule has 0 bridgehead atoms. The zero-order valence-electron chi connectivity index (χ0n) is 17.4. The highest BCUT2D eigenvalue weighted by Crippen LogP contribution is 2.33. The molecular formula is C20H18FN5O6S2. The van der Waals surface area contributed by atoms with Crippen LogP contribution in [0.4, 0.5) is 20.0 Å². The Morgan fingerprint density at radius 3 is 2.56 bits per heavy atom. The summed E-state index contributed by atoms with van der Waals surface area (Å²) in [6.07, 6.45) is 5.61. The zero-order chi connectivity index (χ0) is 24.5. The summed E-state index contributed by atoms with van der Waals surface area (Å²) in [5.74, 6) is -2.78. The van der Waals surface area contributed by atoms with Gasteiger partial charge in [0.05, 0.1) is 5.69 Å². The minimum Gasteiger partial charge on any atom is -0.476 e. The van der Waals surface area contributed by atoms with Gasteiger partial charge < -0.3 is 15.4 Å². The van der Waals surface area contributed by atoms with E-state index in [1.807, 2.05) is 0 Å². The summed E-state index contributed by atoms with van der Waals surface area (Å²) in [5, 5.41) is 13.3. The molecule has 4 rings (SSSR count). The van der Waals surface area contributed by atoms with Crippen LogP contribution >= 0.6 is 11.3 Å². The first kappa shape index (κ1) is 23.5. The van der Waals surface area contributed by atoms with Crippen molar-refractivity contribution in [2.45, 2.75) is 35.0 Å². The first-order valence-electron chi connectivity index (χ1n) is 10.1. The van der Waals surface area contributed by atoms with E-state index >= 15 is 0 Å². The van der Waals surface area contributed by atoms with Crippen molar-refractivity contribution in [2.24, 2.45) is 5.92 Å². The van der Waals surface area contributed by atoms with Gasteiger partial charge >= 0.3 is 12.0 Å². The van der Waals surface area contributed by atoms with Gasteiger partial charge in [-0.25, -0.2) is 32.4 Å². The maximum atomic E-state index is 13.8. The number of carbonyl (C=O) groups is 3. The predicted octanol–water partition coefficient (Wildman–Crippen LogP) is 3.55. The van der Waals surface area contributed by atoms with Crippen LogP contribution in [0.1, 0.15) is 46.5 Å². The van der Waals surface area contributed by atoms with E-state index in [2.05, 4.69) is 25.6 Å². The number of hydrogen-bond donors (Lipinski definition) is 4. The van der Waals surface area contributed by atoms with Gasteiger partial charge in [-0.2, -0.15) is 0 Å². The molecule has 2 amide bonds. The summed E-state index contributed by atoms with van der Waals surface area (Å²) in [7, 11) is -4.33. The number of ketones is 1. The first-order valence-corrected chi connectivity index (χ1v) is 12.4. The fraction of sp³-hybridized carbons (Fsp3) is 0.250. The van der Waals surface area contributed by atoms with Crippen LogP contribution in [0, 0.1) is 11.7 Å². The lowest BCUT2D eigenvalue weighted by Crippen LogP contribution is -2.22. The molecule has 2 aromatic heterocycles. The van der Waals surface area contributed by atoms with Crippen molar-refractivity contribution in [1.82, 2.24) is 15.0 Å². The molecule has 178 valence electrons. The fourth-order valence-electron chi connectivity index (χ4n) is 3.65. The summed E-state index contributed by atoms with van der Waals surface area (Å²) < 4.78 is 38.6. The number of H-pyrrole nitrogens is 1. The smallest absolute Gasteiger partial charge is 0.356 e. The van der Waals surface area contributed by atoms with E-state index in [4.69, 9.17) is 0 Å². The number of nitrogens with one attached hydrogen (secondary N) is 3. The number of rotatable bonds is 7. The largest absolute Gasteiger partial charge is 0.476 e. The Labute approximate surface area is 196 Å². The number of sulfone groups is 1. The average Bonchev–Trinajstić information content (AvgIpc) is 3.55. The van der Waals surface area contributed by atoms with Gasteiger partial charge in [0.15, 0.2) is 20.8 Å². The molecule has 4 N–H and O–H groups in total. The van der Waals surface area contributed by atoms with Gasteiger partial charge in [0.25, 0.3) is 9.84 Å². The average molecular weight is 508 g/mol. The number of urea groups is 1. The van der Waals surface area contributed by atoms with E-state index in [1.54, 1.807) is 0 Å². The number of thiazole rings is 1. The third kappa shape index (κ3) is 4.68. The van der Waals surface area contributed by atoms with Crippen molar-refractivity contribution in [1.29, 1.82) is 0 Å². The molecule has 0 spiro atoms. The summed E-state index contributed by atoms with van der Waals surface area (Å²) >= 11 is 0.426. The lowest BCUT2D eigenvalue weighted by molar-refractivity contribution is 0.0687. The summed E-state index contributed by atoms with van der Waals surface area (Å²) in [6, 6.07) is 2.46. The van der Waals surface area contributed by atoms with Crippen molar-refractivity contribution in [3.05, 3.63) is 47.7 Å². The highest BCUT2D eigenvalue weighted by molar-refractivity contribution is 7.93. The van der Waals surface area contributed by atoms with Crippen LogP contribution in [0.2, 0.25) is 0 Å². The standard InChI is InChI=1S/C20H18FN5O6S2/c21-11-5-6-13(12(9-11)15(27)10-3-1-2-4-10)24-18(30)26-19-25-14(16(28)29)17(33-19)34(31,32)20-22-7-8-23-20/h5-10H,1-4H2,(H,22,23)(H,28,29)(H2,24,25,26,30). The van der Waals surface area contributed by atoms with Gasteiger partial charge in [-0.3, -0.25) is 10.1 Å². The van der Waals surface area contributed by atoms with Gasteiger partial charge in [-0.15, -0.1) is 0 Å². The highest BCUT2D eigenvalue weighted by atomic mass is 32.2. The van der Waals surface area contributed by atoms with Gasteiger partial charge in [0.2, 0.25) is 5.16 Å². The Morgan fingerprint density at radius 1 is 1.18 bits per heavy atom. The number of benzene rings is 1. The number of nitrogens with zero attached hydrogens (tertiary/aromatic N) is 2. The lowest BCUT2D eigenvalue weighted by atomic mass is 9.95. The van der Waals surface area contributed by atoms with E-state index in [0.29, 0.717) is 24.2 Å². The lowest BCUT2D eigenvalue weighted by Gasteiger charge is -2.14. The van der Waals surface area contributed by atoms with Crippen LogP contribution < -0.4 is 10.6 Å². The van der Waals surface area contributed by atoms with Crippen LogP contribution in [0.25, 0.3) is 0 Å². The Hall–Kier alpha value is -3.65. The third-order valence-electron chi connectivity index (χ3n) is 5.21. The molecule has 0 aliphatic heterocycles. The number of halogens is 1. The first-order chi connectivity index (χ1) is 16.2. The van der Waals surface area contributed by atoms with Gasteiger partial charge in [0, 0.05) is 23.9 Å². The number of amides is 2. The molecule has 1 fully saturated rings. The van der Waals surface area contributed by atoms with E-state index < -0.39 is 42.7 Å². The van der Waals surface area contributed by atoms with Crippen molar-refractivity contribution < 1.29 is 32.3 Å². The molecule has 3 aromatic rings. The second-order valence-electron chi connectivity index (χ2n) is 7.47. The molecule has 1 aromatic carbocycles. The Morgan fingerprint density at radius 2 is 1.91 bits per heavy atom. The fourth-order valence-corrected chi connectivity index (χ4v) is 6.23. The van der Waals surface area contributed by atoms with Crippen LogP contribution in [0.3, 0.4) is 0 Å². The molecule has 0 saturated heterocycles. The molecule has 2 heterocycles. The quantitative estimate of drug-likeness (QED) is 0.352. The third-order valence-corrected chi connectivity index (χ3v) is 8.30. The number of imidazole rings is 1. The molecule has 0 atom stereocenters. The van der Waals surface area contributed by atoms with E-state index in [1.165, 1.54) is 18.5 Å². The molecule has 1 aliphatic rings. The Kier molecular flexibility index (Phi) is 6.43. The second kappa shape index (κ2) is 9.30. The highest BCUT2D eigenvalue weighted by Gasteiger charge is 2.32. The van der Waals surface area contributed by atoms with Crippen LogP contribution in [0.15, 0.2) is 40.0 Å². The summed E-state index contributed by atoms with van der Waals surface area (Å²) in [6.45, 7) is 0. The van der Waals surface area contributed by atoms with Crippen molar-refractivity contribution >= 4 is 49.8 Å². The molecule has 11 nitrogen and oxygen atoms in total. The van der Waals surface area contributed by atoms with Gasteiger partial charge in [-0.1, -0.05) is 24.2 Å². The Balaban J connectivity index is 1.58. The minimum absolute atomic E-state index is 0.0218. The number of aromatic amines is 1. The van der Waals surface area contributed by atoms with E-state index in [9.17, 15) is 32.3 Å². The van der Waals surface area contributed by atoms with Gasteiger partial charge in [0.1, 0.15) is 5.82 Å². The van der Waals surface area contributed by atoms with Crippen LogP contribution in [-0.4, -0.2) is 46.3 Å². The number of anilines is 2. The molecule has 1 aliphatic carbocycles. The predicted molar refractivity (Wildman–Crippen MR) is 118 cm³/mol. The minimum atomic E-state index is -4.33. The van der Waals surface area contributed by atoms with E-state index in [-0.39, 0.29) is 28.1 Å². The number of carbonyl (C=O) groups excluding carboxylic acids is 2. The zero-order valence-corrected chi connectivity index (χ0v) is 19.0. The van der Waals surface area contributed by atoms with Crippen LogP contribution in [-0.2, 0) is 9.84 Å². The number of hydrogen-bond acceptors (Lipinski definition) is 8. The number of Topliss-reactive ketones (excluding diaryl/α,β-unsaturated/α-hetero) is 1. The summed E-state index contributed by atoms with van der Waals surface area (Å²) in [4.78, 5) is 46.7. The summed E-state index contributed by atoms with van der Waals surface area (Å²) in [5.41, 5.74) is -0.696. The van der Waals surface area contributed by atoms with Crippen molar-refractivity contribution in [2.75, 3.05) is 10.6 Å². The molecule has 1 saturated carbocycles. The number of aromatic nitrogens is 3. The number of aromatic carboxylic acids is 1. The van der Waals surface area contributed by atoms with Crippen LogP contribution in [0.5, 0.6) is 0 Å². The van der Waals surface area contributed by atoms with Crippen molar-refractivity contribution in [3.8, 4) is 0 Å². The topological polar surface area (TPSA) is 171 Å².